The van der Waals surface area contributed by atoms with Crippen molar-refractivity contribution < 1.29 is 14.9 Å². The maximum atomic E-state index is 11.7. The summed E-state index contributed by atoms with van der Waals surface area (Å²) < 4.78 is 6.57. The van der Waals surface area contributed by atoms with E-state index in [-0.39, 0.29) is 13.0 Å². The van der Waals surface area contributed by atoms with Gasteiger partial charge in [-0.05, 0) is 0 Å². The molecule has 1 aliphatic heterocycles. The standard InChI is InChI=1S/C10H13BrN2O5/c11-2-5-3-13(10(17)12-9(5)16)8-1-6(15)7(4-14)18-8/h3,6-8,14-15H,1-2,4H2,(H,12,16,17)/t6-,7+,8+/m0/s1. The lowest BCUT2D eigenvalue weighted by Crippen LogP contribution is -2.34. The van der Waals surface area contributed by atoms with Gasteiger partial charge in [-0.15, -0.1) is 0 Å². The van der Waals surface area contributed by atoms with Crippen molar-refractivity contribution >= 4 is 15.9 Å². The summed E-state index contributed by atoms with van der Waals surface area (Å²) in [5, 5.41) is 18.9. The van der Waals surface area contributed by atoms with E-state index in [1.807, 2.05) is 0 Å². The van der Waals surface area contributed by atoms with Gasteiger partial charge in [0.05, 0.1) is 12.7 Å². The number of ether oxygens (including phenoxy) is 1. The number of hydrogen-bond donors (Lipinski definition) is 3. The fourth-order valence-corrected chi connectivity index (χ4v) is 2.29. The molecular weight excluding hydrogens is 308 g/mol. The first kappa shape index (κ1) is 13.5. The Balaban J connectivity index is 2.35. The zero-order valence-corrected chi connectivity index (χ0v) is 11.0. The Hall–Kier alpha value is -0.960. The summed E-state index contributed by atoms with van der Waals surface area (Å²) in [5.74, 6) is 0. The highest BCUT2D eigenvalue weighted by molar-refractivity contribution is 9.08. The molecule has 3 N–H and O–H groups in total. The van der Waals surface area contributed by atoms with Crippen molar-refractivity contribution in [2.75, 3.05) is 6.61 Å². The maximum absolute atomic E-state index is 11.7. The molecule has 0 bridgehead atoms. The number of nitrogens with one attached hydrogen (secondary N) is 1. The van der Waals surface area contributed by atoms with Crippen LogP contribution in [0.25, 0.3) is 0 Å². The van der Waals surface area contributed by atoms with E-state index in [2.05, 4.69) is 20.9 Å². The molecule has 0 radical (unpaired) electrons. The van der Waals surface area contributed by atoms with Crippen LogP contribution in [0.1, 0.15) is 18.2 Å². The normalized spacial score (nSPS) is 27.6. The molecule has 0 saturated carbocycles. The largest absolute Gasteiger partial charge is 0.394 e. The highest BCUT2D eigenvalue weighted by Crippen LogP contribution is 2.27. The van der Waals surface area contributed by atoms with E-state index >= 15 is 0 Å². The third-order valence-electron chi connectivity index (χ3n) is 2.88. The Bertz CT molecular complexity index is 540. The van der Waals surface area contributed by atoms with Crippen LogP contribution >= 0.6 is 15.9 Å². The van der Waals surface area contributed by atoms with Crippen LogP contribution in [-0.4, -0.2) is 38.6 Å². The van der Waals surface area contributed by atoms with Crippen LogP contribution in [-0.2, 0) is 10.1 Å². The zero-order valence-electron chi connectivity index (χ0n) is 9.38. The SMILES string of the molecule is O=c1[nH]c(=O)n([C@H]2C[C@H](O)[C@@H](CO)O2)cc1CBr. The third-order valence-corrected chi connectivity index (χ3v) is 3.48. The van der Waals surface area contributed by atoms with Gasteiger partial charge in [-0.3, -0.25) is 14.3 Å². The summed E-state index contributed by atoms with van der Waals surface area (Å²) in [4.78, 5) is 25.2. The van der Waals surface area contributed by atoms with Crippen molar-refractivity contribution in [2.45, 2.75) is 30.2 Å². The molecule has 1 saturated heterocycles. The van der Waals surface area contributed by atoms with Crippen LogP contribution in [0.4, 0.5) is 0 Å². The van der Waals surface area contributed by atoms with Gasteiger partial charge in [0.15, 0.2) is 0 Å². The number of aliphatic hydroxyl groups is 2. The topological polar surface area (TPSA) is 105 Å². The minimum Gasteiger partial charge on any atom is -0.394 e. The summed E-state index contributed by atoms with van der Waals surface area (Å²) in [6.07, 6.45) is -0.627. The average molecular weight is 321 g/mol. The lowest BCUT2D eigenvalue weighted by atomic mass is 10.2. The number of aliphatic hydroxyl groups excluding tert-OH is 2. The van der Waals surface area contributed by atoms with Crippen molar-refractivity contribution in [1.29, 1.82) is 0 Å². The van der Waals surface area contributed by atoms with E-state index in [4.69, 9.17) is 9.84 Å². The number of hydrogen-bond acceptors (Lipinski definition) is 5. The predicted molar refractivity (Wildman–Crippen MR) is 65.6 cm³/mol. The first-order valence-electron chi connectivity index (χ1n) is 5.41. The smallest absolute Gasteiger partial charge is 0.330 e. The molecule has 1 aromatic rings. The first-order chi connectivity index (χ1) is 8.56. The fraction of sp³-hybridized carbons (Fsp3) is 0.600. The second kappa shape index (κ2) is 5.35. The number of alkyl halides is 1. The van der Waals surface area contributed by atoms with Gasteiger partial charge in [-0.25, -0.2) is 4.79 Å². The molecule has 3 atom stereocenters. The summed E-state index contributed by atoms with van der Waals surface area (Å²) in [6, 6.07) is 0. The van der Waals surface area contributed by atoms with Crippen LogP contribution in [0.15, 0.2) is 15.8 Å². The molecule has 2 heterocycles. The molecule has 0 aromatic carbocycles. The fourth-order valence-electron chi connectivity index (χ4n) is 1.89. The molecule has 0 amide bonds. The van der Waals surface area contributed by atoms with Crippen molar-refractivity contribution in [3.63, 3.8) is 0 Å². The molecule has 0 unspecified atom stereocenters. The molecule has 2 rings (SSSR count). The van der Waals surface area contributed by atoms with Gasteiger partial charge in [0, 0.05) is 23.5 Å². The van der Waals surface area contributed by atoms with Gasteiger partial charge in [-0.1, -0.05) is 15.9 Å². The molecule has 8 heteroatoms. The molecule has 0 aliphatic carbocycles. The molecule has 100 valence electrons. The molecule has 7 nitrogen and oxygen atoms in total. The number of aromatic amines is 1. The van der Waals surface area contributed by atoms with Gasteiger partial charge in [0.1, 0.15) is 12.3 Å². The highest BCUT2D eigenvalue weighted by Gasteiger charge is 2.35. The van der Waals surface area contributed by atoms with E-state index in [9.17, 15) is 14.7 Å². The number of rotatable bonds is 3. The van der Waals surface area contributed by atoms with Gasteiger partial charge in [0.2, 0.25) is 0 Å². The minimum absolute atomic E-state index is 0.193. The Morgan fingerprint density at radius 1 is 1.56 bits per heavy atom. The summed E-state index contributed by atoms with van der Waals surface area (Å²) in [7, 11) is 0. The van der Waals surface area contributed by atoms with Crippen LogP contribution < -0.4 is 11.2 Å². The van der Waals surface area contributed by atoms with E-state index in [0.717, 1.165) is 0 Å². The minimum atomic E-state index is -0.828. The van der Waals surface area contributed by atoms with Crippen LogP contribution in [0, 0.1) is 0 Å². The number of nitrogens with zero attached hydrogens (tertiary/aromatic N) is 1. The van der Waals surface area contributed by atoms with Gasteiger partial charge in [-0.2, -0.15) is 0 Å². The summed E-state index contributed by atoms with van der Waals surface area (Å²) >= 11 is 3.15. The summed E-state index contributed by atoms with van der Waals surface area (Å²) in [6.45, 7) is -0.318. The molecule has 1 fully saturated rings. The molecular formula is C10H13BrN2O5. The zero-order chi connectivity index (χ0) is 13.3. The molecule has 1 aromatic heterocycles. The Kier molecular flexibility index (Phi) is 4.00. The molecule has 18 heavy (non-hydrogen) atoms. The van der Waals surface area contributed by atoms with Gasteiger partial charge >= 0.3 is 5.69 Å². The van der Waals surface area contributed by atoms with Crippen LogP contribution in [0.3, 0.4) is 0 Å². The van der Waals surface area contributed by atoms with Gasteiger partial charge in [0.25, 0.3) is 5.56 Å². The van der Waals surface area contributed by atoms with Crippen LogP contribution in [0.5, 0.6) is 0 Å². The molecule has 1 aliphatic rings. The Labute approximate surface area is 110 Å². The second-order valence-corrected chi connectivity index (χ2v) is 4.63. The quantitative estimate of drug-likeness (QED) is 0.624. The van der Waals surface area contributed by atoms with Crippen molar-refractivity contribution in [1.82, 2.24) is 9.55 Å². The Morgan fingerprint density at radius 2 is 2.28 bits per heavy atom. The van der Waals surface area contributed by atoms with Crippen molar-refractivity contribution in [3.8, 4) is 0 Å². The molecule has 0 spiro atoms. The highest BCUT2D eigenvalue weighted by atomic mass is 79.9. The number of aromatic nitrogens is 2. The van der Waals surface area contributed by atoms with E-state index in [0.29, 0.717) is 10.9 Å². The number of halogens is 1. The maximum Gasteiger partial charge on any atom is 0.330 e. The monoisotopic (exact) mass is 320 g/mol. The van der Waals surface area contributed by atoms with E-state index in [1.54, 1.807) is 0 Å². The van der Waals surface area contributed by atoms with Crippen LogP contribution in [0.2, 0.25) is 0 Å². The van der Waals surface area contributed by atoms with Gasteiger partial charge < -0.3 is 14.9 Å². The summed E-state index contributed by atoms with van der Waals surface area (Å²) in [5.41, 5.74) is -0.661. The van der Waals surface area contributed by atoms with E-state index < -0.39 is 29.7 Å². The van der Waals surface area contributed by atoms with E-state index in [1.165, 1.54) is 10.8 Å². The predicted octanol–water partition coefficient (Wildman–Crippen LogP) is -0.928. The lowest BCUT2D eigenvalue weighted by Gasteiger charge is -2.14. The Morgan fingerprint density at radius 3 is 2.83 bits per heavy atom. The first-order valence-corrected chi connectivity index (χ1v) is 6.53. The lowest BCUT2D eigenvalue weighted by molar-refractivity contribution is -0.0459. The van der Waals surface area contributed by atoms with Crippen molar-refractivity contribution in [3.05, 3.63) is 32.6 Å². The number of H-pyrrole nitrogens is 1. The average Bonchev–Trinajstić information content (AvgIpc) is 2.70. The van der Waals surface area contributed by atoms with Crippen molar-refractivity contribution in [2.24, 2.45) is 0 Å². The third kappa shape index (κ3) is 2.41. The second-order valence-electron chi connectivity index (χ2n) is 4.07.